The molecule has 0 spiro atoms. The summed E-state index contributed by atoms with van der Waals surface area (Å²) in [6.07, 6.45) is -4.45. The average molecular weight is 1090 g/mol. The number of rotatable bonds is 6. The van der Waals surface area contributed by atoms with E-state index in [2.05, 4.69) is 5.32 Å². The summed E-state index contributed by atoms with van der Waals surface area (Å²) >= 11 is 0. The van der Waals surface area contributed by atoms with Gasteiger partial charge in [0.15, 0.2) is 12.1 Å². The molecular formula is C53H83NO22. The van der Waals surface area contributed by atoms with E-state index in [-0.39, 0.29) is 31.6 Å². The standard InChI is InChI=1S/C53H83NO22/c1-29-17-15-13-11-9-7-5-6-8-10-12-14-16-18-36(75-51-48(66)44(46(64)32(4)74-51)54-28-53(71)49(67)47(65)40(61)27-72-53)24-41-43(50(68)69)39(60)26-52(70,76-41)25-38(59)37(58)20-19-33(55)21-34(56)22-35(57)23-42(62)73-31(3)30(2)45(29)63/h5-18,29-41,43-49,51,54-61,63-67,70-71H,19-28H2,1-4H3,(H,68,69)/b6-5+,9-7+,10-8+,13-11+,14-12+,17-15+,18-16+/t29-,30-,31-,32+,33?,34?,35?,36-,37+,38+,39-,40?,41-,43+,44-,45+,46+,47?,48-,49?,51?,52+,53?/m0/s1. The molecule has 0 aromatic carbocycles. The van der Waals surface area contributed by atoms with Crippen LogP contribution in [0.1, 0.15) is 79.1 Å². The van der Waals surface area contributed by atoms with Crippen molar-refractivity contribution < 1.29 is 110 Å². The number of hydrogen-bond acceptors (Lipinski definition) is 22. The van der Waals surface area contributed by atoms with Crippen LogP contribution in [-0.2, 0) is 33.3 Å². The summed E-state index contributed by atoms with van der Waals surface area (Å²) in [5.41, 5.74) is 0. The van der Waals surface area contributed by atoms with Gasteiger partial charge in [-0.25, -0.2) is 0 Å². The van der Waals surface area contributed by atoms with Gasteiger partial charge in [0, 0.05) is 31.1 Å². The van der Waals surface area contributed by atoms with E-state index in [0.717, 1.165) is 0 Å². The summed E-state index contributed by atoms with van der Waals surface area (Å²) in [5, 5.41) is 165. The molecule has 4 aliphatic rings. The summed E-state index contributed by atoms with van der Waals surface area (Å²) in [6.45, 7) is 5.38. The Morgan fingerprint density at radius 3 is 1.82 bits per heavy atom. The number of carbonyl (C=O) groups excluding carboxylic acids is 1. The summed E-state index contributed by atoms with van der Waals surface area (Å²) in [4.78, 5) is 25.4. The summed E-state index contributed by atoms with van der Waals surface area (Å²) in [7, 11) is 0. The zero-order valence-corrected chi connectivity index (χ0v) is 43.3. The number of nitrogens with one attached hydrogen (secondary N) is 1. The molecule has 0 aliphatic carbocycles. The van der Waals surface area contributed by atoms with E-state index in [1.165, 1.54) is 19.1 Å². The Morgan fingerprint density at radius 1 is 0.645 bits per heavy atom. The molecule has 4 rings (SSSR count). The van der Waals surface area contributed by atoms with Gasteiger partial charge in [-0.2, -0.15) is 0 Å². The van der Waals surface area contributed by atoms with Gasteiger partial charge in [-0.1, -0.05) is 98.9 Å². The van der Waals surface area contributed by atoms with E-state index >= 15 is 0 Å². The van der Waals surface area contributed by atoms with Crippen molar-refractivity contribution in [2.45, 2.75) is 201 Å². The zero-order valence-electron chi connectivity index (χ0n) is 43.3. The predicted octanol–water partition coefficient (Wildman–Crippen LogP) is -1.86. The molecule has 0 saturated carbocycles. The van der Waals surface area contributed by atoms with Crippen molar-refractivity contribution in [1.82, 2.24) is 5.32 Å². The van der Waals surface area contributed by atoms with Crippen molar-refractivity contribution in [2.75, 3.05) is 13.2 Å². The van der Waals surface area contributed by atoms with E-state index in [9.17, 15) is 86.2 Å². The quantitative estimate of drug-likeness (QED) is 0.130. The lowest BCUT2D eigenvalue weighted by atomic mass is 9.82. The van der Waals surface area contributed by atoms with Gasteiger partial charge in [-0.05, 0) is 39.5 Å². The van der Waals surface area contributed by atoms with Gasteiger partial charge in [0.1, 0.15) is 36.4 Å². The number of cyclic esters (lactones) is 1. The summed E-state index contributed by atoms with van der Waals surface area (Å²) in [5.74, 6) is -9.70. The third kappa shape index (κ3) is 19.6. The smallest absolute Gasteiger partial charge is 0.311 e. The third-order valence-corrected chi connectivity index (χ3v) is 14.2. The van der Waals surface area contributed by atoms with Gasteiger partial charge in [0.25, 0.3) is 0 Å². The van der Waals surface area contributed by atoms with Crippen LogP contribution in [0.15, 0.2) is 85.1 Å². The van der Waals surface area contributed by atoms with Crippen molar-refractivity contribution >= 4 is 11.9 Å². The molecule has 3 saturated heterocycles. The van der Waals surface area contributed by atoms with Gasteiger partial charge in [-0.3, -0.25) is 9.59 Å². The van der Waals surface area contributed by atoms with Crippen LogP contribution in [0.5, 0.6) is 0 Å². The van der Waals surface area contributed by atoms with Crippen LogP contribution in [0, 0.1) is 17.8 Å². The summed E-state index contributed by atoms with van der Waals surface area (Å²) < 4.78 is 28.7. The number of carbonyl (C=O) groups is 2. The highest BCUT2D eigenvalue weighted by molar-refractivity contribution is 5.71. The maximum Gasteiger partial charge on any atom is 0.311 e. The normalized spacial score (nSPS) is 46.8. The second kappa shape index (κ2) is 30.6. The van der Waals surface area contributed by atoms with Crippen molar-refractivity contribution in [3.63, 3.8) is 0 Å². The fraction of sp³-hybridized carbons (Fsp3) is 0.698. The number of esters is 1. The molecule has 16 N–H and O–H groups in total. The molecule has 0 amide bonds. The van der Waals surface area contributed by atoms with Gasteiger partial charge in [0.05, 0.1) is 92.8 Å². The molecular weight excluding hydrogens is 1000 g/mol. The highest BCUT2D eigenvalue weighted by Crippen LogP contribution is 2.38. The lowest BCUT2D eigenvalue weighted by Gasteiger charge is -2.46. The van der Waals surface area contributed by atoms with Crippen LogP contribution >= 0.6 is 0 Å². The first-order valence-corrected chi connectivity index (χ1v) is 25.8. The van der Waals surface area contributed by atoms with E-state index in [0.29, 0.717) is 0 Å². The van der Waals surface area contributed by atoms with Crippen LogP contribution in [0.4, 0.5) is 0 Å². The van der Waals surface area contributed by atoms with Gasteiger partial charge < -0.3 is 106 Å². The van der Waals surface area contributed by atoms with Gasteiger partial charge >= 0.3 is 11.9 Å². The molecule has 23 atom stereocenters. The Kier molecular flexibility index (Phi) is 26.2. The largest absolute Gasteiger partial charge is 0.481 e. The number of aliphatic hydroxyl groups is 14. The minimum atomic E-state index is -2.47. The van der Waals surface area contributed by atoms with Crippen LogP contribution in [0.2, 0.25) is 0 Å². The van der Waals surface area contributed by atoms with Crippen LogP contribution < -0.4 is 5.32 Å². The molecule has 4 aliphatic heterocycles. The molecule has 8 unspecified atom stereocenters. The molecule has 23 heteroatoms. The topological polar surface area (TPSA) is 396 Å². The number of carboxylic acid groups (broad SMARTS) is 1. The SMILES string of the molecule is C[C@@H]1[C@H](O)[C@@H](C)/C=C/C=C/C=C/C=C/C=C/C=C/C=C/[C@H](OC2O[C@H](C)[C@@H](O)[C@H](NCC3(O)OCC(O)C(O)C3O)[C@@H]2O)C[C@@H]2O[C@](O)(C[C@@H](O)[C@H](O)CCC(O)CC(O)CC(O)CC(=O)O[C@H]1C)C[C@H](O)[C@H]2C(=O)O. The first-order chi connectivity index (χ1) is 35.7. The average Bonchev–Trinajstić information content (AvgIpc) is 3.33. The van der Waals surface area contributed by atoms with E-state index in [4.69, 9.17) is 23.7 Å². The number of allylic oxidation sites excluding steroid dienone is 12. The molecule has 0 aromatic heterocycles. The Bertz CT molecular complexity index is 2000. The number of aliphatic carboxylic acids is 1. The number of carboxylic acids is 1. The highest BCUT2D eigenvalue weighted by Gasteiger charge is 2.53. The maximum absolute atomic E-state index is 12.7. The van der Waals surface area contributed by atoms with E-state index < -0.39 is 184 Å². The van der Waals surface area contributed by atoms with Crippen LogP contribution in [0.25, 0.3) is 0 Å². The Hall–Kier alpha value is -3.64. The molecule has 0 radical (unpaired) electrons. The number of ether oxygens (including phenoxy) is 5. The lowest BCUT2D eigenvalue weighted by Crippen LogP contribution is -2.69. The third-order valence-electron chi connectivity index (χ3n) is 14.2. The minimum absolute atomic E-state index is 0.186. The molecule has 23 nitrogen and oxygen atoms in total. The van der Waals surface area contributed by atoms with E-state index in [1.807, 2.05) is 6.92 Å². The van der Waals surface area contributed by atoms with Crippen molar-refractivity contribution in [3.8, 4) is 0 Å². The Balaban J connectivity index is 1.59. The Labute approximate surface area is 442 Å². The van der Waals surface area contributed by atoms with Gasteiger partial charge in [-0.15, -0.1) is 0 Å². The Morgan fingerprint density at radius 2 is 1.21 bits per heavy atom. The molecule has 76 heavy (non-hydrogen) atoms. The minimum Gasteiger partial charge on any atom is -0.481 e. The van der Waals surface area contributed by atoms with Crippen molar-refractivity contribution in [2.24, 2.45) is 17.8 Å². The van der Waals surface area contributed by atoms with Crippen molar-refractivity contribution in [3.05, 3.63) is 85.1 Å². The number of fused-ring (bicyclic) bond motifs is 2. The van der Waals surface area contributed by atoms with E-state index in [1.54, 1.807) is 86.8 Å². The predicted molar refractivity (Wildman–Crippen MR) is 270 cm³/mol. The lowest BCUT2D eigenvalue weighted by molar-refractivity contribution is -0.323. The second-order valence-electron chi connectivity index (χ2n) is 20.6. The van der Waals surface area contributed by atoms with Crippen LogP contribution in [0.3, 0.4) is 0 Å². The first-order valence-electron chi connectivity index (χ1n) is 25.8. The second-order valence-corrected chi connectivity index (χ2v) is 20.6. The highest BCUT2D eigenvalue weighted by atomic mass is 16.7. The molecule has 0 aromatic rings. The van der Waals surface area contributed by atoms with Crippen molar-refractivity contribution in [1.29, 1.82) is 0 Å². The number of hydrogen-bond donors (Lipinski definition) is 16. The van der Waals surface area contributed by atoms with Gasteiger partial charge in [0.2, 0.25) is 5.79 Å². The fourth-order valence-electron chi connectivity index (χ4n) is 9.47. The zero-order chi connectivity index (χ0) is 56.5. The maximum atomic E-state index is 12.7. The number of aliphatic hydroxyl groups excluding tert-OH is 12. The molecule has 2 bridgehead atoms. The molecule has 432 valence electrons. The monoisotopic (exact) mass is 1090 g/mol. The first kappa shape index (κ1) is 64.9. The molecule has 3 fully saturated rings. The van der Waals surface area contributed by atoms with Crippen LogP contribution in [-0.4, -0.2) is 223 Å². The molecule has 4 heterocycles. The fourth-order valence-corrected chi connectivity index (χ4v) is 9.47. The summed E-state index contributed by atoms with van der Waals surface area (Å²) in [6, 6.07) is -1.36.